The van der Waals surface area contributed by atoms with E-state index in [2.05, 4.69) is 9.97 Å². The molecule has 0 aromatic carbocycles. The zero-order valence-corrected chi connectivity index (χ0v) is 8.49. The van der Waals surface area contributed by atoms with Gasteiger partial charge in [0, 0.05) is 12.8 Å². The molecular weight excluding hydrogens is 192 g/mol. The van der Waals surface area contributed by atoms with Crippen LogP contribution in [0.2, 0.25) is 0 Å². The molecule has 1 aliphatic carbocycles. The van der Waals surface area contributed by atoms with Crippen LogP contribution >= 0.6 is 0 Å². The summed E-state index contributed by atoms with van der Waals surface area (Å²) < 4.78 is 0. The van der Waals surface area contributed by atoms with Gasteiger partial charge in [0.2, 0.25) is 5.95 Å². The second kappa shape index (κ2) is 3.94. The minimum atomic E-state index is 0.125. The van der Waals surface area contributed by atoms with Crippen LogP contribution in [0.3, 0.4) is 0 Å². The van der Waals surface area contributed by atoms with Crippen molar-refractivity contribution in [1.29, 1.82) is 0 Å². The third-order valence-electron chi connectivity index (χ3n) is 2.55. The number of carbonyl (C=O) groups is 1. The van der Waals surface area contributed by atoms with Gasteiger partial charge in [0.1, 0.15) is 0 Å². The summed E-state index contributed by atoms with van der Waals surface area (Å²) >= 11 is 0. The standard InChI is InChI=1S/C10H14N4O/c11-5-4-7-9-6(13-10(12)14-7)2-1-3-8(9)15/h1-5,11H2,(H2,12,13,14). The van der Waals surface area contributed by atoms with Crippen LogP contribution in [0.5, 0.6) is 0 Å². The highest BCUT2D eigenvalue weighted by atomic mass is 16.1. The van der Waals surface area contributed by atoms with Gasteiger partial charge in [-0.2, -0.15) is 0 Å². The predicted molar refractivity (Wildman–Crippen MR) is 56.5 cm³/mol. The molecule has 0 amide bonds. The van der Waals surface area contributed by atoms with Gasteiger partial charge in [-0.05, 0) is 19.4 Å². The second-order valence-corrected chi connectivity index (χ2v) is 3.67. The number of nitrogen functional groups attached to an aromatic ring is 1. The van der Waals surface area contributed by atoms with Gasteiger partial charge in [0.15, 0.2) is 5.78 Å². The molecule has 0 saturated carbocycles. The van der Waals surface area contributed by atoms with E-state index in [1.54, 1.807) is 0 Å². The summed E-state index contributed by atoms with van der Waals surface area (Å²) in [5.74, 6) is 0.367. The fourth-order valence-corrected chi connectivity index (χ4v) is 1.94. The quantitative estimate of drug-likeness (QED) is 0.714. The molecule has 2 rings (SSSR count). The Morgan fingerprint density at radius 1 is 1.27 bits per heavy atom. The van der Waals surface area contributed by atoms with E-state index in [0.717, 1.165) is 18.5 Å². The Hall–Kier alpha value is -1.49. The maximum absolute atomic E-state index is 11.7. The minimum absolute atomic E-state index is 0.125. The summed E-state index contributed by atoms with van der Waals surface area (Å²) in [5.41, 5.74) is 13.2. The van der Waals surface area contributed by atoms with E-state index >= 15 is 0 Å². The van der Waals surface area contributed by atoms with Crippen molar-refractivity contribution in [3.8, 4) is 0 Å². The number of nitrogens with two attached hydrogens (primary N) is 2. The molecule has 0 saturated heterocycles. The van der Waals surface area contributed by atoms with E-state index in [4.69, 9.17) is 11.5 Å². The SMILES string of the molecule is NCCc1nc(N)nc2c1C(=O)CCC2. The zero-order chi connectivity index (χ0) is 10.8. The topological polar surface area (TPSA) is 94.9 Å². The molecule has 5 heteroatoms. The lowest BCUT2D eigenvalue weighted by Gasteiger charge is -2.16. The van der Waals surface area contributed by atoms with Crippen LogP contribution in [0.25, 0.3) is 0 Å². The maximum atomic E-state index is 11.7. The van der Waals surface area contributed by atoms with Crippen molar-refractivity contribution in [2.75, 3.05) is 12.3 Å². The molecule has 0 radical (unpaired) electrons. The van der Waals surface area contributed by atoms with Crippen LogP contribution in [0.15, 0.2) is 0 Å². The molecule has 1 aliphatic rings. The van der Waals surface area contributed by atoms with Gasteiger partial charge >= 0.3 is 0 Å². The van der Waals surface area contributed by atoms with Gasteiger partial charge in [-0.25, -0.2) is 9.97 Å². The number of Topliss-reactive ketones (excluding diaryl/α,β-unsaturated/α-hetero) is 1. The molecule has 4 N–H and O–H groups in total. The van der Waals surface area contributed by atoms with Crippen LogP contribution in [-0.4, -0.2) is 22.3 Å². The van der Waals surface area contributed by atoms with Gasteiger partial charge in [-0.15, -0.1) is 0 Å². The van der Waals surface area contributed by atoms with Gasteiger partial charge in [0.25, 0.3) is 0 Å². The number of fused-ring (bicyclic) bond motifs is 1. The Balaban J connectivity index is 2.53. The molecule has 0 unspecified atom stereocenters. The summed E-state index contributed by atoms with van der Waals surface area (Å²) in [7, 11) is 0. The Labute approximate surface area is 87.9 Å². The molecule has 1 aromatic rings. The summed E-state index contributed by atoms with van der Waals surface area (Å²) in [6.07, 6.45) is 2.83. The first-order valence-electron chi connectivity index (χ1n) is 5.11. The minimum Gasteiger partial charge on any atom is -0.368 e. The molecule has 5 nitrogen and oxygen atoms in total. The summed E-state index contributed by atoms with van der Waals surface area (Å²) in [6, 6.07) is 0. The van der Waals surface area contributed by atoms with Crippen molar-refractivity contribution in [3.05, 3.63) is 17.0 Å². The number of aryl methyl sites for hydroxylation is 1. The van der Waals surface area contributed by atoms with Gasteiger partial charge in [0.05, 0.1) is 17.0 Å². The first-order valence-corrected chi connectivity index (χ1v) is 5.11. The van der Waals surface area contributed by atoms with Crippen LogP contribution in [0.4, 0.5) is 5.95 Å². The first-order chi connectivity index (χ1) is 7.22. The van der Waals surface area contributed by atoms with Crippen LogP contribution in [0.1, 0.15) is 34.6 Å². The van der Waals surface area contributed by atoms with E-state index in [0.29, 0.717) is 30.6 Å². The van der Waals surface area contributed by atoms with E-state index in [-0.39, 0.29) is 11.7 Å². The average Bonchev–Trinajstić information content (AvgIpc) is 2.17. The van der Waals surface area contributed by atoms with Gasteiger partial charge < -0.3 is 11.5 Å². The number of anilines is 1. The highest BCUT2D eigenvalue weighted by Gasteiger charge is 2.23. The fourth-order valence-electron chi connectivity index (χ4n) is 1.94. The number of carbonyl (C=O) groups excluding carboxylic acids is 1. The monoisotopic (exact) mass is 206 g/mol. The Bertz CT molecular complexity index is 403. The van der Waals surface area contributed by atoms with E-state index < -0.39 is 0 Å². The molecular formula is C10H14N4O. The van der Waals surface area contributed by atoms with Crippen molar-refractivity contribution in [2.24, 2.45) is 5.73 Å². The normalized spacial score (nSPS) is 15.1. The Morgan fingerprint density at radius 2 is 2.07 bits per heavy atom. The van der Waals surface area contributed by atoms with Crippen molar-refractivity contribution in [1.82, 2.24) is 9.97 Å². The molecule has 15 heavy (non-hydrogen) atoms. The second-order valence-electron chi connectivity index (χ2n) is 3.67. The lowest BCUT2D eigenvalue weighted by Crippen LogP contribution is -2.20. The molecule has 0 bridgehead atoms. The molecule has 0 aliphatic heterocycles. The fraction of sp³-hybridized carbons (Fsp3) is 0.500. The third kappa shape index (κ3) is 1.83. The van der Waals surface area contributed by atoms with Crippen molar-refractivity contribution >= 4 is 11.7 Å². The predicted octanol–water partition coefficient (Wildman–Crippen LogP) is 0.0790. The van der Waals surface area contributed by atoms with Crippen molar-refractivity contribution in [3.63, 3.8) is 0 Å². The largest absolute Gasteiger partial charge is 0.368 e. The number of aromatic nitrogens is 2. The average molecular weight is 206 g/mol. The van der Waals surface area contributed by atoms with Crippen LogP contribution in [0, 0.1) is 0 Å². The summed E-state index contributed by atoms with van der Waals surface area (Å²) in [5, 5.41) is 0. The summed E-state index contributed by atoms with van der Waals surface area (Å²) in [6.45, 7) is 0.468. The van der Waals surface area contributed by atoms with Gasteiger partial charge in [-0.1, -0.05) is 0 Å². The number of nitrogens with zero attached hydrogens (tertiary/aromatic N) is 2. The Kier molecular flexibility index (Phi) is 2.64. The molecule has 80 valence electrons. The third-order valence-corrected chi connectivity index (χ3v) is 2.55. The Morgan fingerprint density at radius 3 is 2.80 bits per heavy atom. The molecule has 1 heterocycles. The van der Waals surface area contributed by atoms with Gasteiger partial charge in [-0.3, -0.25) is 4.79 Å². The van der Waals surface area contributed by atoms with E-state index in [1.807, 2.05) is 0 Å². The maximum Gasteiger partial charge on any atom is 0.220 e. The smallest absolute Gasteiger partial charge is 0.220 e. The molecule has 1 aromatic heterocycles. The van der Waals surface area contributed by atoms with Crippen molar-refractivity contribution in [2.45, 2.75) is 25.7 Å². The zero-order valence-electron chi connectivity index (χ0n) is 8.49. The van der Waals surface area contributed by atoms with Crippen LogP contribution in [-0.2, 0) is 12.8 Å². The molecule has 0 spiro atoms. The highest BCUT2D eigenvalue weighted by molar-refractivity contribution is 5.99. The first kappa shape index (κ1) is 10.0. The number of ketones is 1. The molecule has 0 fully saturated rings. The lowest BCUT2D eigenvalue weighted by molar-refractivity contribution is 0.0970. The lowest BCUT2D eigenvalue weighted by atomic mass is 9.92. The van der Waals surface area contributed by atoms with Crippen LogP contribution < -0.4 is 11.5 Å². The number of hydrogen-bond donors (Lipinski definition) is 2. The number of rotatable bonds is 2. The van der Waals surface area contributed by atoms with E-state index in [1.165, 1.54) is 0 Å². The summed E-state index contributed by atoms with van der Waals surface area (Å²) in [4.78, 5) is 19.9. The highest BCUT2D eigenvalue weighted by Crippen LogP contribution is 2.22. The number of hydrogen-bond acceptors (Lipinski definition) is 5. The molecule has 0 atom stereocenters. The van der Waals surface area contributed by atoms with E-state index in [9.17, 15) is 4.79 Å². The van der Waals surface area contributed by atoms with Crippen molar-refractivity contribution < 1.29 is 4.79 Å².